The van der Waals surface area contributed by atoms with Crippen molar-refractivity contribution in [3.05, 3.63) is 221 Å². The molecule has 11 aromatic carbocycles. The smallest absolute Gasteiger partial charge is 0.212 e. The van der Waals surface area contributed by atoms with Crippen LogP contribution in [0.25, 0.3) is 91.8 Å². The maximum atomic E-state index is 11.3. The summed E-state index contributed by atoms with van der Waals surface area (Å²) in [4.78, 5) is 8.83. The van der Waals surface area contributed by atoms with Crippen LogP contribution in [0.4, 0.5) is 39.8 Å². The molecule has 2 aliphatic heterocycles. The summed E-state index contributed by atoms with van der Waals surface area (Å²) in [6.07, 6.45) is 0. The molecule has 0 N–H and O–H groups in total. The number of benzene rings is 11. The third kappa shape index (κ3) is 5.15. The number of fused-ring (bicyclic) bond motifs is 19. The first kappa shape index (κ1) is 40.5. The zero-order chi connectivity index (χ0) is 48.4. The van der Waals surface area contributed by atoms with Crippen LogP contribution < -0.4 is 9.80 Å². The fraction of sp³-hybridized carbons (Fsp3) is 0.0909. The van der Waals surface area contributed by atoms with Crippen LogP contribution >= 0.6 is 0 Å². The molecular formula is C66H42N4O2. The van der Waals surface area contributed by atoms with Gasteiger partial charge in [0, 0.05) is 43.7 Å². The van der Waals surface area contributed by atoms with Crippen LogP contribution in [0, 0.1) is 17.9 Å². The van der Waals surface area contributed by atoms with Gasteiger partial charge in [0.2, 0.25) is 5.69 Å². The van der Waals surface area contributed by atoms with Crippen molar-refractivity contribution >= 4 is 127 Å². The number of hydrogen-bond acceptors (Lipinski definition) is 5. The SMILES string of the molecule is [C-]#[N+]c1c(C#N)c2cc(N3c4ccccc4C(C)(C)c4ccc5c(oc6ccc7ccccc7c65)c43)ccc2c2ccc(N3c4ccccc4C(C)(C)c4ccc5c(oc6ccc7ccccc7c65)c43)cc12. The Morgan fingerprint density at radius 2 is 0.889 bits per heavy atom. The molecular weight excluding hydrogens is 881 g/mol. The standard InChI is InChI=1S/C66H42N4O2/c1-65(2)50-18-10-12-20-54(50)69(61-52(65)30-28-45-58-41-16-8-6-14-37(41)22-32-56(58)71-63(45)61)39-24-26-43-44-27-25-40(35-48(44)60(68-5)49(36-67)47(43)34-39)70-55-21-13-11-19-51(55)66(3,4)53-31-29-46-59-42-17-9-7-15-38(42)23-33-57(59)72-64(46)62(53)70/h6-35H,1-4H3. The molecule has 0 unspecified atom stereocenters. The van der Waals surface area contributed by atoms with Gasteiger partial charge in [-0.1, -0.05) is 161 Å². The summed E-state index contributed by atoms with van der Waals surface area (Å²) in [7, 11) is 0. The quantitative estimate of drug-likeness (QED) is 0.128. The minimum Gasteiger partial charge on any atom is -0.454 e. The first-order valence-electron chi connectivity index (χ1n) is 24.5. The van der Waals surface area contributed by atoms with Gasteiger partial charge in [-0.3, -0.25) is 0 Å². The normalized spacial score (nSPS) is 14.5. The monoisotopic (exact) mass is 922 g/mol. The Bertz CT molecular complexity index is 4390. The number of anilines is 6. The molecule has 6 heteroatoms. The zero-order valence-corrected chi connectivity index (χ0v) is 39.9. The van der Waals surface area contributed by atoms with Gasteiger partial charge in [0.15, 0.2) is 11.2 Å². The lowest BCUT2D eigenvalue weighted by Gasteiger charge is -2.42. The molecule has 0 bridgehead atoms. The van der Waals surface area contributed by atoms with Crippen LogP contribution in [0.15, 0.2) is 191 Å². The van der Waals surface area contributed by atoms with E-state index >= 15 is 0 Å². The van der Waals surface area contributed by atoms with Crippen molar-refractivity contribution in [2.24, 2.45) is 0 Å². The highest BCUT2D eigenvalue weighted by molar-refractivity contribution is 6.24. The van der Waals surface area contributed by atoms with Crippen LogP contribution in [0.1, 0.15) is 55.5 Å². The molecule has 15 rings (SSSR count). The van der Waals surface area contributed by atoms with E-state index in [1.54, 1.807) is 0 Å². The van der Waals surface area contributed by atoms with E-state index in [0.29, 0.717) is 11.3 Å². The van der Waals surface area contributed by atoms with Gasteiger partial charge < -0.3 is 18.6 Å². The summed E-state index contributed by atoms with van der Waals surface area (Å²) < 4.78 is 13.9. The summed E-state index contributed by atoms with van der Waals surface area (Å²) in [6, 6.07) is 66.9. The summed E-state index contributed by atoms with van der Waals surface area (Å²) in [5, 5.41) is 23.4. The van der Waals surface area contributed by atoms with Crippen molar-refractivity contribution in [2.75, 3.05) is 9.80 Å². The molecule has 0 radical (unpaired) electrons. The second-order valence-electron chi connectivity index (χ2n) is 20.6. The molecule has 0 amide bonds. The van der Waals surface area contributed by atoms with Gasteiger partial charge in [0.1, 0.15) is 11.2 Å². The summed E-state index contributed by atoms with van der Waals surface area (Å²) in [6.45, 7) is 17.9. The number of furan rings is 2. The van der Waals surface area contributed by atoms with Crippen LogP contribution in [-0.4, -0.2) is 0 Å². The topological polar surface area (TPSA) is 60.9 Å². The van der Waals surface area contributed by atoms with E-state index in [4.69, 9.17) is 15.4 Å². The Hall–Kier alpha value is -9.36. The first-order chi connectivity index (χ1) is 35.1. The zero-order valence-electron chi connectivity index (χ0n) is 39.9. The first-order valence-corrected chi connectivity index (χ1v) is 24.5. The van der Waals surface area contributed by atoms with E-state index in [2.05, 4.69) is 230 Å². The van der Waals surface area contributed by atoms with Crippen LogP contribution in [0.2, 0.25) is 0 Å². The number of rotatable bonds is 2. The van der Waals surface area contributed by atoms with Crippen molar-refractivity contribution in [1.82, 2.24) is 0 Å². The van der Waals surface area contributed by atoms with Crippen molar-refractivity contribution in [3.8, 4) is 6.07 Å². The molecule has 72 heavy (non-hydrogen) atoms. The van der Waals surface area contributed by atoms with Crippen molar-refractivity contribution in [1.29, 1.82) is 5.26 Å². The number of hydrogen-bond donors (Lipinski definition) is 0. The molecule has 2 aromatic heterocycles. The Balaban J connectivity index is 0.962. The fourth-order valence-corrected chi connectivity index (χ4v) is 12.8. The van der Waals surface area contributed by atoms with E-state index in [-0.39, 0.29) is 10.8 Å². The van der Waals surface area contributed by atoms with Gasteiger partial charge in [0.05, 0.1) is 41.0 Å². The molecule has 0 saturated heterocycles. The van der Waals surface area contributed by atoms with Gasteiger partial charge in [-0.05, 0) is 114 Å². The molecule has 2 aliphatic rings. The summed E-state index contributed by atoms with van der Waals surface area (Å²) >= 11 is 0. The highest BCUT2D eigenvalue weighted by atomic mass is 16.3. The third-order valence-corrected chi connectivity index (χ3v) is 16.2. The van der Waals surface area contributed by atoms with Crippen LogP contribution in [0.3, 0.4) is 0 Å². The maximum Gasteiger partial charge on any atom is 0.212 e. The lowest BCUT2D eigenvalue weighted by Crippen LogP contribution is -2.30. The highest BCUT2D eigenvalue weighted by Crippen LogP contribution is 2.58. The number of para-hydroxylation sites is 2. The molecule has 6 nitrogen and oxygen atoms in total. The third-order valence-electron chi connectivity index (χ3n) is 16.2. The Morgan fingerprint density at radius 1 is 0.444 bits per heavy atom. The molecule has 4 heterocycles. The highest BCUT2D eigenvalue weighted by Gasteiger charge is 2.41. The Morgan fingerprint density at radius 3 is 1.39 bits per heavy atom. The Kier molecular flexibility index (Phi) is 7.95. The molecule has 0 aliphatic carbocycles. The van der Waals surface area contributed by atoms with Crippen molar-refractivity contribution in [2.45, 2.75) is 38.5 Å². The van der Waals surface area contributed by atoms with E-state index in [1.165, 1.54) is 11.1 Å². The average molecular weight is 923 g/mol. The molecule has 0 spiro atoms. The maximum absolute atomic E-state index is 11.3. The van der Waals surface area contributed by atoms with Gasteiger partial charge in [0.25, 0.3) is 0 Å². The second-order valence-corrected chi connectivity index (χ2v) is 20.6. The average Bonchev–Trinajstić information content (AvgIpc) is 4.01. The van der Waals surface area contributed by atoms with Crippen LogP contribution in [0.5, 0.6) is 0 Å². The van der Waals surface area contributed by atoms with E-state index in [9.17, 15) is 5.26 Å². The minimum absolute atomic E-state index is 0.324. The van der Waals surface area contributed by atoms with Crippen molar-refractivity contribution < 1.29 is 8.83 Å². The molecule has 0 saturated carbocycles. The van der Waals surface area contributed by atoms with E-state index in [0.717, 1.165) is 132 Å². The molecule has 13 aromatic rings. The number of nitriles is 1. The van der Waals surface area contributed by atoms with Gasteiger partial charge >= 0.3 is 0 Å². The molecule has 338 valence electrons. The lowest BCUT2D eigenvalue weighted by molar-refractivity contribution is 0.624. The number of nitrogens with zero attached hydrogens (tertiary/aromatic N) is 4. The van der Waals surface area contributed by atoms with Gasteiger partial charge in [-0.25, -0.2) is 4.85 Å². The van der Waals surface area contributed by atoms with E-state index in [1.807, 2.05) is 0 Å². The fourth-order valence-electron chi connectivity index (χ4n) is 12.8. The van der Waals surface area contributed by atoms with E-state index < -0.39 is 0 Å². The lowest BCUT2D eigenvalue weighted by atomic mass is 9.73. The second kappa shape index (κ2) is 14.1. The Labute approximate surface area is 414 Å². The minimum atomic E-state index is -0.354. The predicted octanol–water partition coefficient (Wildman–Crippen LogP) is 18.7. The largest absolute Gasteiger partial charge is 0.454 e. The molecule has 0 fully saturated rings. The molecule has 0 atom stereocenters. The van der Waals surface area contributed by atoms with Crippen LogP contribution in [-0.2, 0) is 10.8 Å². The predicted molar refractivity (Wildman–Crippen MR) is 296 cm³/mol. The van der Waals surface area contributed by atoms with Gasteiger partial charge in [-0.15, -0.1) is 0 Å². The van der Waals surface area contributed by atoms with Gasteiger partial charge in [-0.2, -0.15) is 5.26 Å². The summed E-state index contributed by atoms with van der Waals surface area (Å²) in [5.74, 6) is 0. The van der Waals surface area contributed by atoms with Crippen molar-refractivity contribution in [3.63, 3.8) is 0 Å². The summed E-state index contributed by atoms with van der Waals surface area (Å²) in [5.41, 5.74) is 13.7.